The Morgan fingerprint density at radius 3 is 2.61 bits per heavy atom. The molecular formula is C24H30N6OS2. The first-order chi connectivity index (χ1) is 16.0. The minimum absolute atomic E-state index is 0.0613. The maximum Gasteiger partial charge on any atom is 0.232 e. The smallest absolute Gasteiger partial charge is 0.232 e. The number of thiazole rings is 2. The Morgan fingerprint density at radius 2 is 1.82 bits per heavy atom. The van der Waals surface area contributed by atoms with E-state index in [9.17, 15) is 4.79 Å². The monoisotopic (exact) mass is 482 g/mol. The highest BCUT2D eigenvalue weighted by molar-refractivity contribution is 7.15. The molecule has 174 valence electrons. The maximum absolute atomic E-state index is 12.6. The molecule has 1 N–H and O–H groups in total. The zero-order valence-corrected chi connectivity index (χ0v) is 20.8. The van der Waals surface area contributed by atoms with Crippen molar-refractivity contribution in [3.05, 3.63) is 51.5 Å². The van der Waals surface area contributed by atoms with Gasteiger partial charge in [-0.25, -0.2) is 9.97 Å². The van der Waals surface area contributed by atoms with Crippen molar-refractivity contribution in [3.8, 4) is 10.6 Å². The second-order valence-electron chi connectivity index (χ2n) is 9.02. The van der Waals surface area contributed by atoms with Gasteiger partial charge in [-0.05, 0) is 19.7 Å². The van der Waals surface area contributed by atoms with E-state index in [1.165, 1.54) is 10.4 Å². The van der Waals surface area contributed by atoms with E-state index in [1.807, 2.05) is 5.38 Å². The molecule has 1 aromatic carbocycles. The van der Waals surface area contributed by atoms with E-state index in [-0.39, 0.29) is 12.3 Å². The van der Waals surface area contributed by atoms with Crippen molar-refractivity contribution in [2.24, 2.45) is 0 Å². The Balaban J connectivity index is 1.16. The lowest BCUT2D eigenvalue weighted by atomic mass is 10.1. The minimum Gasteiger partial charge on any atom is -0.304 e. The number of amides is 1. The molecule has 0 radical (unpaired) electrons. The van der Waals surface area contributed by atoms with Crippen LogP contribution in [0.1, 0.15) is 21.8 Å². The highest BCUT2D eigenvalue weighted by Crippen LogP contribution is 2.28. The summed E-state index contributed by atoms with van der Waals surface area (Å²) < 4.78 is 0. The first-order valence-electron chi connectivity index (χ1n) is 11.4. The first-order valence-corrected chi connectivity index (χ1v) is 13.1. The van der Waals surface area contributed by atoms with E-state index in [0.29, 0.717) is 5.13 Å². The van der Waals surface area contributed by atoms with Crippen LogP contribution in [0.2, 0.25) is 0 Å². The maximum atomic E-state index is 12.6. The fraction of sp³-hybridized carbons (Fsp3) is 0.458. The molecule has 5 rings (SSSR count). The fourth-order valence-electron chi connectivity index (χ4n) is 4.24. The van der Waals surface area contributed by atoms with Gasteiger partial charge in [-0.3, -0.25) is 9.69 Å². The van der Waals surface area contributed by atoms with Gasteiger partial charge in [0.2, 0.25) is 5.91 Å². The van der Waals surface area contributed by atoms with Crippen molar-refractivity contribution in [1.82, 2.24) is 24.7 Å². The number of fused-ring (bicyclic) bond motifs is 1. The molecule has 0 spiro atoms. The Morgan fingerprint density at radius 1 is 1.03 bits per heavy atom. The second kappa shape index (κ2) is 9.99. The lowest BCUT2D eigenvalue weighted by Gasteiger charge is -2.32. The molecule has 2 aliphatic rings. The van der Waals surface area contributed by atoms with Crippen LogP contribution in [0.3, 0.4) is 0 Å². The van der Waals surface area contributed by atoms with Crippen LogP contribution in [-0.4, -0.2) is 77.4 Å². The van der Waals surface area contributed by atoms with Gasteiger partial charge in [0.1, 0.15) is 5.01 Å². The normalized spacial score (nSPS) is 17.8. The quantitative estimate of drug-likeness (QED) is 0.582. The summed E-state index contributed by atoms with van der Waals surface area (Å²) in [7, 11) is 4.30. The predicted octanol–water partition coefficient (Wildman–Crippen LogP) is 3.18. The van der Waals surface area contributed by atoms with Crippen molar-refractivity contribution in [2.45, 2.75) is 25.9 Å². The highest BCUT2D eigenvalue weighted by atomic mass is 32.1. The van der Waals surface area contributed by atoms with Gasteiger partial charge in [-0.2, -0.15) is 0 Å². The van der Waals surface area contributed by atoms with Crippen molar-refractivity contribution in [3.63, 3.8) is 0 Å². The van der Waals surface area contributed by atoms with Gasteiger partial charge in [0, 0.05) is 68.1 Å². The molecule has 1 amide bonds. The van der Waals surface area contributed by atoms with Crippen LogP contribution < -0.4 is 5.32 Å². The molecule has 0 aliphatic carbocycles. The first kappa shape index (κ1) is 22.6. The molecule has 0 bridgehead atoms. The number of likely N-dealkylation sites (N-methyl/N-ethyl adjacent to an activating group) is 2. The number of carbonyl (C=O) groups excluding carboxylic acids is 1. The average molecular weight is 483 g/mol. The van der Waals surface area contributed by atoms with E-state index < -0.39 is 0 Å². The summed E-state index contributed by atoms with van der Waals surface area (Å²) in [6.07, 6.45) is 1.21. The zero-order valence-electron chi connectivity index (χ0n) is 19.2. The summed E-state index contributed by atoms with van der Waals surface area (Å²) in [6.45, 7) is 7.43. The molecule has 33 heavy (non-hydrogen) atoms. The summed E-state index contributed by atoms with van der Waals surface area (Å²) in [5.41, 5.74) is 4.36. The minimum atomic E-state index is -0.0613. The summed E-state index contributed by atoms with van der Waals surface area (Å²) in [5.74, 6) is -0.0613. The van der Waals surface area contributed by atoms with Crippen molar-refractivity contribution in [2.75, 3.05) is 52.1 Å². The Hall–Kier alpha value is -2.17. The van der Waals surface area contributed by atoms with Gasteiger partial charge >= 0.3 is 0 Å². The number of nitrogens with one attached hydrogen (secondary N) is 1. The number of nitrogens with zero attached hydrogens (tertiary/aromatic N) is 5. The number of piperazine rings is 1. The molecule has 4 heterocycles. The number of aromatic nitrogens is 2. The molecule has 0 saturated carbocycles. The molecule has 0 unspecified atom stereocenters. The standard InChI is InChI=1S/C24H30N6OS2/c1-28-9-11-30(12-10-28)14-17-3-5-18(6-4-17)23-25-19(16-32-23)13-22(31)27-24-26-20-7-8-29(2)15-21(20)33-24/h3-6,16H,7-15H2,1-2H3,(H,26,27,31). The molecule has 2 aromatic heterocycles. The Bertz CT molecular complexity index is 1100. The number of carbonyl (C=O) groups is 1. The van der Waals surface area contributed by atoms with E-state index in [2.05, 4.69) is 63.4 Å². The predicted molar refractivity (Wildman–Crippen MR) is 135 cm³/mol. The third-order valence-corrected chi connectivity index (χ3v) is 8.20. The van der Waals surface area contributed by atoms with Crippen molar-refractivity contribution in [1.29, 1.82) is 0 Å². The highest BCUT2D eigenvalue weighted by Gasteiger charge is 2.19. The van der Waals surface area contributed by atoms with E-state index in [4.69, 9.17) is 4.98 Å². The lowest BCUT2D eigenvalue weighted by molar-refractivity contribution is -0.115. The van der Waals surface area contributed by atoms with Gasteiger partial charge < -0.3 is 15.1 Å². The topological polar surface area (TPSA) is 64.6 Å². The van der Waals surface area contributed by atoms with Gasteiger partial charge in [0.05, 0.1) is 17.8 Å². The van der Waals surface area contributed by atoms with Crippen LogP contribution in [0, 0.1) is 0 Å². The Kier molecular flexibility index (Phi) is 6.84. The molecule has 1 saturated heterocycles. The van der Waals surface area contributed by atoms with Crippen molar-refractivity contribution >= 4 is 33.7 Å². The third-order valence-electron chi connectivity index (χ3n) is 6.26. The van der Waals surface area contributed by atoms with Crippen LogP contribution in [0.15, 0.2) is 29.6 Å². The van der Waals surface area contributed by atoms with Gasteiger partial charge in [0.15, 0.2) is 5.13 Å². The Labute approximate surface area is 203 Å². The molecule has 9 heteroatoms. The number of anilines is 1. The van der Waals surface area contributed by atoms with E-state index in [0.717, 1.165) is 74.2 Å². The van der Waals surface area contributed by atoms with E-state index >= 15 is 0 Å². The van der Waals surface area contributed by atoms with Gasteiger partial charge in [0.25, 0.3) is 0 Å². The number of benzene rings is 1. The summed E-state index contributed by atoms with van der Waals surface area (Å²) in [5, 5.41) is 6.60. The molecule has 2 aliphatic heterocycles. The van der Waals surface area contributed by atoms with Crippen LogP contribution in [-0.2, 0) is 30.7 Å². The SMILES string of the molecule is CN1CCN(Cc2ccc(-c3nc(CC(=O)Nc4nc5c(s4)CN(C)CC5)cs3)cc2)CC1. The number of hydrogen-bond donors (Lipinski definition) is 1. The summed E-state index contributed by atoms with van der Waals surface area (Å²) in [6, 6.07) is 8.68. The molecule has 0 atom stereocenters. The number of rotatable bonds is 6. The van der Waals surface area contributed by atoms with Crippen LogP contribution in [0.25, 0.3) is 10.6 Å². The average Bonchev–Trinajstić information content (AvgIpc) is 3.42. The van der Waals surface area contributed by atoms with Crippen LogP contribution in [0.5, 0.6) is 0 Å². The second-order valence-corrected chi connectivity index (χ2v) is 11.0. The van der Waals surface area contributed by atoms with E-state index in [1.54, 1.807) is 22.7 Å². The van der Waals surface area contributed by atoms with Gasteiger partial charge in [-0.15, -0.1) is 22.7 Å². The zero-order chi connectivity index (χ0) is 22.8. The lowest BCUT2D eigenvalue weighted by Crippen LogP contribution is -2.43. The summed E-state index contributed by atoms with van der Waals surface area (Å²) >= 11 is 3.17. The van der Waals surface area contributed by atoms with Crippen molar-refractivity contribution < 1.29 is 4.79 Å². The number of hydrogen-bond acceptors (Lipinski definition) is 8. The molecular weight excluding hydrogens is 452 g/mol. The van der Waals surface area contributed by atoms with Crippen LogP contribution in [0.4, 0.5) is 5.13 Å². The molecule has 3 aromatic rings. The molecule has 7 nitrogen and oxygen atoms in total. The largest absolute Gasteiger partial charge is 0.304 e. The third kappa shape index (κ3) is 5.67. The fourth-order valence-corrected chi connectivity index (χ4v) is 6.17. The molecule has 1 fully saturated rings. The van der Waals surface area contributed by atoms with Crippen LogP contribution >= 0.6 is 22.7 Å². The summed E-state index contributed by atoms with van der Waals surface area (Å²) in [4.78, 5) is 30.3. The van der Waals surface area contributed by atoms with Gasteiger partial charge in [-0.1, -0.05) is 24.3 Å².